The van der Waals surface area contributed by atoms with Gasteiger partial charge in [-0.2, -0.15) is 0 Å². The van der Waals surface area contributed by atoms with Gasteiger partial charge in [-0.3, -0.25) is 5.84 Å². The zero-order chi connectivity index (χ0) is 14.4. The molecule has 20 heavy (non-hydrogen) atoms. The number of aromatic nitrogens is 2. The number of nitrogens with two attached hydrogens (primary N) is 1. The zero-order valence-electron chi connectivity index (χ0n) is 12.2. The molecule has 0 aliphatic heterocycles. The molecule has 4 heteroatoms. The Bertz CT molecular complexity index is 837. The number of anilines is 1. The largest absolute Gasteiger partial charge is 0.324 e. The molecule has 0 bridgehead atoms. The number of nitrogen functional groups attached to an aromatic ring is 1. The maximum Gasteiger partial charge on any atom is 0.0947 e. The van der Waals surface area contributed by atoms with E-state index in [9.17, 15) is 0 Å². The second kappa shape index (κ2) is 4.42. The molecule has 0 atom stereocenters. The maximum absolute atomic E-state index is 5.65. The van der Waals surface area contributed by atoms with Crippen LogP contribution in [0, 0.1) is 27.7 Å². The second-order valence-electron chi connectivity index (χ2n) is 5.26. The summed E-state index contributed by atoms with van der Waals surface area (Å²) < 4.78 is 0. The molecule has 1 aromatic heterocycles. The number of benzene rings is 2. The molecule has 0 radical (unpaired) electrons. The number of nitrogens with zero attached hydrogens (tertiary/aromatic N) is 2. The van der Waals surface area contributed by atoms with Gasteiger partial charge in [-0.15, -0.1) is 0 Å². The van der Waals surface area contributed by atoms with Gasteiger partial charge >= 0.3 is 0 Å². The Morgan fingerprint density at radius 1 is 0.850 bits per heavy atom. The minimum atomic E-state index is 0.916. The lowest BCUT2D eigenvalue weighted by Crippen LogP contribution is -2.11. The van der Waals surface area contributed by atoms with E-state index >= 15 is 0 Å². The lowest BCUT2D eigenvalue weighted by molar-refractivity contribution is 1.23. The average Bonchev–Trinajstić information content (AvgIpc) is 2.45. The highest BCUT2D eigenvalue weighted by Crippen LogP contribution is 2.32. The van der Waals surface area contributed by atoms with Gasteiger partial charge in [-0.1, -0.05) is 12.1 Å². The predicted molar refractivity (Wildman–Crippen MR) is 83.8 cm³/mol. The van der Waals surface area contributed by atoms with Crippen LogP contribution in [0.5, 0.6) is 0 Å². The highest BCUT2D eigenvalue weighted by atomic mass is 15.2. The highest BCUT2D eigenvalue weighted by molar-refractivity contribution is 5.94. The van der Waals surface area contributed by atoms with Gasteiger partial charge in [0.1, 0.15) is 0 Å². The predicted octanol–water partition coefficient (Wildman–Crippen LogP) is 3.30. The summed E-state index contributed by atoms with van der Waals surface area (Å²) >= 11 is 0. The van der Waals surface area contributed by atoms with Crippen LogP contribution in [-0.2, 0) is 0 Å². The van der Waals surface area contributed by atoms with Gasteiger partial charge in [0.05, 0.1) is 27.8 Å². The van der Waals surface area contributed by atoms with Crippen LogP contribution in [0.2, 0.25) is 0 Å². The molecule has 0 aliphatic carbocycles. The van der Waals surface area contributed by atoms with Crippen molar-refractivity contribution in [1.29, 1.82) is 0 Å². The summed E-state index contributed by atoms with van der Waals surface area (Å²) in [6, 6.07) is 6.07. The molecular weight excluding hydrogens is 248 g/mol. The van der Waals surface area contributed by atoms with E-state index in [0.29, 0.717) is 0 Å². The summed E-state index contributed by atoms with van der Waals surface area (Å²) in [5.41, 5.74) is 11.9. The normalized spacial score (nSPS) is 11.2. The smallest absolute Gasteiger partial charge is 0.0947 e. The number of rotatable bonds is 1. The standard InChI is InChI=1S/C16H18N4/c1-8-6-5-7-12-13(8)19-15-10(3)9(2)14(20-17)11(4)16(15)18-12/h5-7,20H,17H2,1-4H3. The third-order valence-corrected chi connectivity index (χ3v) is 4.06. The molecule has 0 fully saturated rings. The molecule has 102 valence electrons. The fourth-order valence-electron chi connectivity index (χ4n) is 2.72. The third kappa shape index (κ3) is 1.65. The van der Waals surface area contributed by atoms with E-state index in [4.69, 9.17) is 15.8 Å². The first-order valence-corrected chi connectivity index (χ1v) is 6.68. The van der Waals surface area contributed by atoms with E-state index < -0.39 is 0 Å². The summed E-state index contributed by atoms with van der Waals surface area (Å²) in [6.45, 7) is 8.21. The second-order valence-corrected chi connectivity index (χ2v) is 5.26. The van der Waals surface area contributed by atoms with Gasteiger partial charge in [-0.25, -0.2) is 9.97 Å². The molecule has 2 aromatic carbocycles. The van der Waals surface area contributed by atoms with Crippen molar-refractivity contribution in [3.05, 3.63) is 40.5 Å². The first kappa shape index (κ1) is 12.8. The van der Waals surface area contributed by atoms with Crippen LogP contribution >= 0.6 is 0 Å². The van der Waals surface area contributed by atoms with E-state index in [1.54, 1.807) is 0 Å². The van der Waals surface area contributed by atoms with Crippen molar-refractivity contribution in [2.75, 3.05) is 5.43 Å². The van der Waals surface area contributed by atoms with Crippen molar-refractivity contribution in [3.8, 4) is 0 Å². The molecule has 3 aromatic rings. The van der Waals surface area contributed by atoms with E-state index in [2.05, 4.69) is 32.3 Å². The van der Waals surface area contributed by atoms with Crippen LogP contribution in [0.3, 0.4) is 0 Å². The quantitative estimate of drug-likeness (QED) is 0.403. The SMILES string of the molecule is Cc1c(NN)c(C)c2nc3cccc(C)c3nc2c1C. The molecule has 0 saturated carbocycles. The summed E-state index contributed by atoms with van der Waals surface area (Å²) in [7, 11) is 0. The zero-order valence-corrected chi connectivity index (χ0v) is 12.2. The Kier molecular flexibility index (Phi) is 2.83. The average molecular weight is 266 g/mol. The number of para-hydroxylation sites is 1. The Balaban J connectivity index is 2.55. The number of nitrogens with one attached hydrogen (secondary N) is 1. The molecular formula is C16H18N4. The van der Waals surface area contributed by atoms with Crippen LogP contribution in [0.25, 0.3) is 22.1 Å². The Morgan fingerprint density at radius 2 is 1.55 bits per heavy atom. The van der Waals surface area contributed by atoms with Crippen molar-refractivity contribution in [2.45, 2.75) is 27.7 Å². The monoisotopic (exact) mass is 266 g/mol. The van der Waals surface area contributed by atoms with Gasteiger partial charge in [0.2, 0.25) is 0 Å². The Hall–Kier alpha value is -2.20. The lowest BCUT2D eigenvalue weighted by atomic mass is 10.0. The summed E-state index contributed by atoms with van der Waals surface area (Å²) in [5.74, 6) is 5.65. The van der Waals surface area contributed by atoms with Crippen molar-refractivity contribution in [3.63, 3.8) is 0 Å². The molecule has 3 N–H and O–H groups in total. The summed E-state index contributed by atoms with van der Waals surface area (Å²) in [4.78, 5) is 9.63. The number of aryl methyl sites for hydroxylation is 3. The first-order valence-electron chi connectivity index (χ1n) is 6.68. The van der Waals surface area contributed by atoms with E-state index in [1.807, 2.05) is 19.1 Å². The van der Waals surface area contributed by atoms with Crippen LogP contribution in [0.4, 0.5) is 5.69 Å². The van der Waals surface area contributed by atoms with E-state index in [-0.39, 0.29) is 0 Å². The van der Waals surface area contributed by atoms with Gasteiger partial charge in [0.15, 0.2) is 0 Å². The number of hydrazine groups is 1. The minimum Gasteiger partial charge on any atom is -0.324 e. The van der Waals surface area contributed by atoms with Gasteiger partial charge < -0.3 is 5.43 Å². The molecule has 0 unspecified atom stereocenters. The fourth-order valence-corrected chi connectivity index (χ4v) is 2.72. The molecule has 3 rings (SSSR count). The highest BCUT2D eigenvalue weighted by Gasteiger charge is 2.14. The van der Waals surface area contributed by atoms with Crippen molar-refractivity contribution in [2.24, 2.45) is 5.84 Å². The van der Waals surface area contributed by atoms with E-state index in [1.165, 1.54) is 0 Å². The minimum absolute atomic E-state index is 0.916. The van der Waals surface area contributed by atoms with Gasteiger partial charge in [0.25, 0.3) is 0 Å². The van der Waals surface area contributed by atoms with Crippen molar-refractivity contribution >= 4 is 27.8 Å². The third-order valence-electron chi connectivity index (χ3n) is 4.06. The molecule has 0 saturated heterocycles. The van der Waals surface area contributed by atoms with Crippen LogP contribution in [-0.4, -0.2) is 9.97 Å². The summed E-state index contributed by atoms with van der Waals surface area (Å²) in [6.07, 6.45) is 0. The number of hydrogen-bond acceptors (Lipinski definition) is 4. The lowest BCUT2D eigenvalue weighted by Gasteiger charge is -2.15. The Labute approximate surface area is 118 Å². The topological polar surface area (TPSA) is 63.8 Å². The number of fused-ring (bicyclic) bond motifs is 2. The molecule has 0 aliphatic rings. The van der Waals surface area contributed by atoms with Crippen molar-refractivity contribution in [1.82, 2.24) is 9.97 Å². The molecule has 1 heterocycles. The summed E-state index contributed by atoms with van der Waals surface area (Å²) in [5, 5.41) is 0. The van der Waals surface area contributed by atoms with Gasteiger partial charge in [-0.05, 0) is 50.5 Å². The van der Waals surface area contributed by atoms with E-state index in [0.717, 1.165) is 50.0 Å². The molecule has 0 amide bonds. The fraction of sp³-hybridized carbons (Fsp3) is 0.250. The first-order chi connectivity index (χ1) is 9.54. The van der Waals surface area contributed by atoms with Crippen molar-refractivity contribution < 1.29 is 0 Å². The number of hydrogen-bond donors (Lipinski definition) is 2. The molecule has 4 nitrogen and oxygen atoms in total. The molecule has 0 spiro atoms. The van der Waals surface area contributed by atoms with Gasteiger partial charge in [0, 0.05) is 5.56 Å². The Morgan fingerprint density at radius 3 is 2.25 bits per heavy atom. The van der Waals surface area contributed by atoms with Crippen LogP contribution in [0.15, 0.2) is 18.2 Å². The van der Waals surface area contributed by atoms with Crippen LogP contribution < -0.4 is 11.3 Å². The maximum atomic E-state index is 5.65. The van der Waals surface area contributed by atoms with Crippen LogP contribution in [0.1, 0.15) is 22.3 Å².